The molecule has 1 amide bonds. The molecule has 0 aliphatic heterocycles. The van der Waals surface area contributed by atoms with Crippen LogP contribution in [0.1, 0.15) is 47.8 Å². The van der Waals surface area contributed by atoms with Crippen LogP contribution in [-0.4, -0.2) is 5.91 Å². The van der Waals surface area contributed by atoms with Crippen molar-refractivity contribution in [2.24, 2.45) is 5.73 Å². The molecule has 3 heteroatoms. The van der Waals surface area contributed by atoms with E-state index < -0.39 is 0 Å². The molecule has 0 fully saturated rings. The molecule has 0 saturated carbocycles. The van der Waals surface area contributed by atoms with E-state index in [1.54, 1.807) is 24.3 Å². The fraction of sp³-hybridized carbons (Fsp3) is 0.167. The summed E-state index contributed by atoms with van der Waals surface area (Å²) < 4.78 is 0. The number of hydrogen-bond donors (Lipinski definition) is 2. The minimum absolute atomic E-state index is 0.379. The second kappa shape index (κ2) is 16.8. The highest BCUT2D eigenvalue weighted by Gasteiger charge is 1.95. The zero-order chi connectivity index (χ0) is 24.3. The molecule has 0 unspecified atom stereocenters. The highest BCUT2D eigenvalue weighted by atomic mass is 16.1. The van der Waals surface area contributed by atoms with Gasteiger partial charge in [0.2, 0.25) is 5.91 Å². The van der Waals surface area contributed by atoms with Crippen LogP contribution in [0.15, 0.2) is 115 Å². The van der Waals surface area contributed by atoms with Crippen LogP contribution in [0, 0.1) is 0 Å². The molecular weight excluding hydrogens is 404 g/mol. The molecule has 0 spiro atoms. The highest BCUT2D eigenvalue weighted by Crippen LogP contribution is 2.11. The van der Waals surface area contributed by atoms with Crippen molar-refractivity contribution in [2.75, 3.05) is 5.73 Å². The maximum atomic E-state index is 10.4. The van der Waals surface area contributed by atoms with Crippen LogP contribution in [0.2, 0.25) is 0 Å². The van der Waals surface area contributed by atoms with E-state index in [0.717, 1.165) is 18.5 Å². The van der Waals surface area contributed by atoms with Crippen LogP contribution in [0.5, 0.6) is 0 Å². The summed E-state index contributed by atoms with van der Waals surface area (Å²) in [5.74, 6) is -0.379. The SMILES string of the molecule is CC.CCc1ccccc1.NC(=O)c1ccccc1.Nc1ccc(Cc2ccccc2)cc1. The molecule has 3 nitrogen and oxygen atoms in total. The van der Waals surface area contributed by atoms with Gasteiger partial charge in [-0.15, -0.1) is 0 Å². The number of aryl methyl sites for hydroxylation is 1. The van der Waals surface area contributed by atoms with Gasteiger partial charge in [0.05, 0.1) is 0 Å². The van der Waals surface area contributed by atoms with Crippen LogP contribution in [0.4, 0.5) is 5.69 Å². The van der Waals surface area contributed by atoms with E-state index >= 15 is 0 Å². The predicted octanol–water partition coefficient (Wildman–Crippen LogP) is 6.92. The summed E-state index contributed by atoms with van der Waals surface area (Å²) in [6.45, 7) is 6.16. The van der Waals surface area contributed by atoms with Crippen molar-refractivity contribution in [3.8, 4) is 0 Å². The summed E-state index contributed by atoms with van der Waals surface area (Å²) in [7, 11) is 0. The lowest BCUT2D eigenvalue weighted by molar-refractivity contribution is 0.100. The lowest BCUT2D eigenvalue weighted by Crippen LogP contribution is -2.09. The van der Waals surface area contributed by atoms with Gasteiger partial charge < -0.3 is 11.5 Å². The molecule has 0 heterocycles. The Morgan fingerprint density at radius 2 is 1.00 bits per heavy atom. The van der Waals surface area contributed by atoms with Gasteiger partial charge in [0.15, 0.2) is 0 Å². The van der Waals surface area contributed by atoms with Gasteiger partial charge in [-0.2, -0.15) is 0 Å². The summed E-state index contributed by atoms with van der Waals surface area (Å²) in [6, 6.07) is 37.7. The summed E-state index contributed by atoms with van der Waals surface area (Å²) in [5, 5.41) is 0. The number of anilines is 1. The van der Waals surface area contributed by atoms with Crippen LogP contribution < -0.4 is 11.5 Å². The third-order valence-electron chi connectivity index (χ3n) is 4.54. The number of primary amides is 1. The fourth-order valence-electron chi connectivity index (χ4n) is 2.78. The number of rotatable bonds is 4. The van der Waals surface area contributed by atoms with Crippen molar-refractivity contribution in [1.82, 2.24) is 0 Å². The Hall–Kier alpha value is -3.85. The summed E-state index contributed by atoms with van der Waals surface area (Å²) in [4.78, 5) is 10.4. The Balaban J connectivity index is 0.000000250. The van der Waals surface area contributed by atoms with Crippen molar-refractivity contribution in [3.05, 3.63) is 138 Å². The molecule has 0 atom stereocenters. The minimum Gasteiger partial charge on any atom is -0.399 e. The second-order valence-electron chi connectivity index (χ2n) is 6.97. The Bertz CT molecular complexity index is 999. The van der Waals surface area contributed by atoms with Gasteiger partial charge >= 0.3 is 0 Å². The second-order valence-corrected chi connectivity index (χ2v) is 6.97. The van der Waals surface area contributed by atoms with E-state index in [4.69, 9.17) is 11.5 Å². The van der Waals surface area contributed by atoms with E-state index in [2.05, 4.69) is 67.6 Å². The largest absolute Gasteiger partial charge is 0.399 e. The molecule has 4 aromatic rings. The molecule has 0 saturated heterocycles. The number of nitrogen functional groups attached to an aromatic ring is 1. The van der Waals surface area contributed by atoms with E-state index in [9.17, 15) is 4.79 Å². The Morgan fingerprint density at radius 3 is 1.36 bits per heavy atom. The molecule has 4 rings (SSSR count). The molecule has 0 aliphatic rings. The first-order chi connectivity index (χ1) is 16.1. The number of amides is 1. The van der Waals surface area contributed by atoms with Crippen molar-refractivity contribution in [1.29, 1.82) is 0 Å². The third-order valence-corrected chi connectivity index (χ3v) is 4.54. The first kappa shape index (κ1) is 27.2. The van der Waals surface area contributed by atoms with Crippen LogP contribution in [0.25, 0.3) is 0 Å². The molecule has 0 radical (unpaired) electrons. The normalized spacial score (nSPS) is 9.06. The van der Waals surface area contributed by atoms with Crippen LogP contribution >= 0.6 is 0 Å². The number of benzene rings is 4. The average Bonchev–Trinajstić information content (AvgIpc) is 2.89. The predicted molar refractivity (Wildman–Crippen MR) is 142 cm³/mol. The zero-order valence-electron chi connectivity index (χ0n) is 19.9. The van der Waals surface area contributed by atoms with Gasteiger partial charge in [-0.1, -0.05) is 112 Å². The zero-order valence-corrected chi connectivity index (χ0v) is 19.9. The van der Waals surface area contributed by atoms with E-state index in [1.165, 1.54) is 16.7 Å². The van der Waals surface area contributed by atoms with Crippen molar-refractivity contribution in [2.45, 2.75) is 33.6 Å². The van der Waals surface area contributed by atoms with Gasteiger partial charge in [0, 0.05) is 11.3 Å². The number of nitrogens with two attached hydrogens (primary N) is 2. The van der Waals surface area contributed by atoms with Crippen molar-refractivity contribution >= 4 is 11.6 Å². The first-order valence-electron chi connectivity index (χ1n) is 11.4. The summed E-state index contributed by atoms with van der Waals surface area (Å²) in [6.07, 6.45) is 2.11. The van der Waals surface area contributed by atoms with E-state index in [-0.39, 0.29) is 5.91 Å². The number of carbonyl (C=O) groups excluding carboxylic acids is 1. The molecular formula is C30H36N2O. The van der Waals surface area contributed by atoms with Gasteiger partial charge in [0.1, 0.15) is 0 Å². The molecule has 0 aliphatic carbocycles. The monoisotopic (exact) mass is 440 g/mol. The Kier molecular flexibility index (Phi) is 13.8. The lowest BCUT2D eigenvalue weighted by Gasteiger charge is -2.01. The van der Waals surface area contributed by atoms with Crippen LogP contribution in [-0.2, 0) is 12.8 Å². The maximum absolute atomic E-state index is 10.4. The highest BCUT2D eigenvalue weighted by molar-refractivity contribution is 5.92. The van der Waals surface area contributed by atoms with Gasteiger partial charge in [-0.3, -0.25) is 4.79 Å². The first-order valence-corrected chi connectivity index (χ1v) is 11.4. The standard InChI is InChI=1S/C13H13N.C8H10.C7H7NO.C2H6/c14-13-8-6-12(7-9-13)10-11-4-2-1-3-5-11;1-2-8-6-4-3-5-7-8;8-7(9)6-4-2-1-3-5-6;1-2/h1-9H,10,14H2;3-7H,2H2,1H3;1-5H,(H2,8,9);1-2H3. The smallest absolute Gasteiger partial charge is 0.248 e. The third kappa shape index (κ3) is 11.9. The average molecular weight is 441 g/mol. The van der Waals surface area contributed by atoms with Gasteiger partial charge in [-0.05, 0) is 53.8 Å². The number of carbonyl (C=O) groups is 1. The topological polar surface area (TPSA) is 69.1 Å². The fourth-order valence-corrected chi connectivity index (χ4v) is 2.78. The maximum Gasteiger partial charge on any atom is 0.248 e. The lowest BCUT2D eigenvalue weighted by atomic mass is 10.1. The molecule has 172 valence electrons. The Labute approximate surface area is 199 Å². The minimum atomic E-state index is -0.379. The molecule has 0 aromatic heterocycles. The quantitative estimate of drug-likeness (QED) is 0.338. The molecule has 4 aromatic carbocycles. The summed E-state index contributed by atoms with van der Waals surface area (Å²) >= 11 is 0. The van der Waals surface area contributed by atoms with Crippen molar-refractivity contribution < 1.29 is 4.79 Å². The Morgan fingerprint density at radius 1 is 0.606 bits per heavy atom. The van der Waals surface area contributed by atoms with Gasteiger partial charge in [0.25, 0.3) is 0 Å². The van der Waals surface area contributed by atoms with Crippen molar-refractivity contribution in [3.63, 3.8) is 0 Å². The molecule has 33 heavy (non-hydrogen) atoms. The molecule has 0 bridgehead atoms. The van der Waals surface area contributed by atoms with Gasteiger partial charge in [-0.25, -0.2) is 0 Å². The summed E-state index contributed by atoms with van der Waals surface area (Å²) in [5.41, 5.74) is 16.0. The molecule has 4 N–H and O–H groups in total. The van der Waals surface area contributed by atoms with E-state index in [1.807, 2.05) is 44.2 Å². The van der Waals surface area contributed by atoms with E-state index in [0.29, 0.717) is 5.56 Å². The number of hydrogen-bond acceptors (Lipinski definition) is 2. The van der Waals surface area contributed by atoms with Crippen LogP contribution in [0.3, 0.4) is 0 Å².